The molecule has 2 aliphatic rings. The molecule has 1 heterocycles. The van der Waals surface area contributed by atoms with Crippen LogP contribution in [0.5, 0.6) is 0 Å². The molecule has 24 heavy (non-hydrogen) atoms. The van der Waals surface area contributed by atoms with Crippen molar-refractivity contribution in [2.75, 3.05) is 4.90 Å². The van der Waals surface area contributed by atoms with Crippen molar-refractivity contribution in [3.05, 3.63) is 29.3 Å². The lowest BCUT2D eigenvalue weighted by molar-refractivity contribution is -0.138. The van der Waals surface area contributed by atoms with E-state index in [0.717, 1.165) is 42.5 Å². The van der Waals surface area contributed by atoms with E-state index in [1.54, 1.807) is 4.90 Å². The predicted molar refractivity (Wildman–Crippen MR) is 92.9 cm³/mol. The van der Waals surface area contributed by atoms with E-state index in [9.17, 15) is 14.4 Å². The zero-order chi connectivity index (χ0) is 17.4. The Morgan fingerprint density at radius 1 is 1.04 bits per heavy atom. The topological polar surface area (TPSA) is 54.5 Å². The number of ketones is 2. The molecule has 0 bridgehead atoms. The average Bonchev–Trinajstić information content (AvgIpc) is 2.83. The van der Waals surface area contributed by atoms with Crippen molar-refractivity contribution in [1.29, 1.82) is 0 Å². The second-order valence-electron chi connectivity index (χ2n) is 7.28. The van der Waals surface area contributed by atoms with Crippen molar-refractivity contribution in [1.82, 2.24) is 0 Å². The van der Waals surface area contributed by atoms with Crippen LogP contribution in [0, 0.1) is 25.7 Å². The summed E-state index contributed by atoms with van der Waals surface area (Å²) in [5.41, 5.74) is 2.98. The van der Waals surface area contributed by atoms with Crippen LogP contribution in [-0.2, 0) is 14.4 Å². The number of aryl methyl sites for hydroxylation is 2. The van der Waals surface area contributed by atoms with Gasteiger partial charge in [-0.15, -0.1) is 0 Å². The third kappa shape index (κ3) is 2.79. The summed E-state index contributed by atoms with van der Waals surface area (Å²) in [4.78, 5) is 39.0. The SMILES string of the molecule is CC(=O)C1C(=O)C(=O)N(c2ccc(C)c(C)c2)C1C1CCCCC1. The maximum atomic E-state index is 12.7. The van der Waals surface area contributed by atoms with Gasteiger partial charge in [-0.3, -0.25) is 14.4 Å². The van der Waals surface area contributed by atoms with Gasteiger partial charge in [0.2, 0.25) is 5.78 Å². The summed E-state index contributed by atoms with van der Waals surface area (Å²) in [5.74, 6) is -1.81. The molecule has 1 aliphatic heterocycles. The van der Waals surface area contributed by atoms with Gasteiger partial charge in [-0.25, -0.2) is 0 Å². The van der Waals surface area contributed by atoms with Gasteiger partial charge >= 0.3 is 0 Å². The Hall–Kier alpha value is -1.97. The summed E-state index contributed by atoms with van der Waals surface area (Å²) in [6, 6.07) is 5.51. The van der Waals surface area contributed by atoms with Gasteiger partial charge in [-0.05, 0) is 62.8 Å². The minimum absolute atomic E-state index is 0.185. The molecule has 128 valence electrons. The lowest BCUT2D eigenvalue weighted by Crippen LogP contribution is -2.43. The van der Waals surface area contributed by atoms with Crippen molar-refractivity contribution in [2.24, 2.45) is 11.8 Å². The third-order valence-corrected chi connectivity index (χ3v) is 5.69. The molecular weight excluding hydrogens is 302 g/mol. The lowest BCUT2D eigenvalue weighted by atomic mass is 9.77. The largest absolute Gasteiger partial charge is 0.301 e. The second kappa shape index (κ2) is 6.50. The monoisotopic (exact) mass is 327 g/mol. The normalized spacial score (nSPS) is 25.4. The number of amides is 1. The molecule has 2 atom stereocenters. The van der Waals surface area contributed by atoms with Gasteiger partial charge in [-0.1, -0.05) is 25.3 Å². The van der Waals surface area contributed by atoms with Crippen LogP contribution in [0.2, 0.25) is 0 Å². The number of hydrogen-bond acceptors (Lipinski definition) is 3. The van der Waals surface area contributed by atoms with Crippen molar-refractivity contribution in [3.8, 4) is 0 Å². The Morgan fingerprint density at radius 3 is 2.29 bits per heavy atom. The molecule has 1 saturated heterocycles. The highest BCUT2D eigenvalue weighted by molar-refractivity contribution is 6.48. The summed E-state index contributed by atoms with van der Waals surface area (Å²) in [6.45, 7) is 5.46. The quantitative estimate of drug-likeness (QED) is 0.632. The number of carbonyl (C=O) groups is 3. The highest BCUT2D eigenvalue weighted by atomic mass is 16.2. The van der Waals surface area contributed by atoms with E-state index < -0.39 is 17.6 Å². The Balaban J connectivity index is 2.05. The van der Waals surface area contributed by atoms with Crippen LogP contribution in [0.4, 0.5) is 5.69 Å². The number of anilines is 1. The molecule has 1 saturated carbocycles. The average molecular weight is 327 g/mol. The standard InChI is InChI=1S/C20H25NO3/c1-12-9-10-16(11-13(12)2)21-18(15-7-5-4-6-8-15)17(14(3)22)19(23)20(21)24/h9-11,15,17-18H,4-8H2,1-3H3. The fourth-order valence-electron chi connectivity index (χ4n) is 4.24. The summed E-state index contributed by atoms with van der Waals surface area (Å²) in [7, 11) is 0. The molecule has 1 aromatic carbocycles. The smallest absolute Gasteiger partial charge is 0.295 e. The minimum atomic E-state index is -0.804. The Bertz CT molecular complexity index is 688. The lowest BCUT2D eigenvalue weighted by Gasteiger charge is -2.35. The second-order valence-corrected chi connectivity index (χ2v) is 7.28. The van der Waals surface area contributed by atoms with Gasteiger partial charge in [0.25, 0.3) is 5.91 Å². The first kappa shape index (κ1) is 16.9. The van der Waals surface area contributed by atoms with Crippen LogP contribution in [0.15, 0.2) is 18.2 Å². The van der Waals surface area contributed by atoms with Crippen LogP contribution in [0.1, 0.15) is 50.2 Å². The van der Waals surface area contributed by atoms with Gasteiger partial charge in [-0.2, -0.15) is 0 Å². The van der Waals surface area contributed by atoms with Crippen molar-refractivity contribution in [3.63, 3.8) is 0 Å². The van der Waals surface area contributed by atoms with E-state index in [1.807, 2.05) is 32.0 Å². The van der Waals surface area contributed by atoms with Gasteiger partial charge in [0.1, 0.15) is 11.7 Å². The van der Waals surface area contributed by atoms with Crippen LogP contribution < -0.4 is 4.90 Å². The number of carbonyl (C=O) groups excluding carboxylic acids is 3. The number of hydrogen-bond donors (Lipinski definition) is 0. The third-order valence-electron chi connectivity index (χ3n) is 5.69. The summed E-state index contributed by atoms with van der Waals surface area (Å²) >= 11 is 0. The van der Waals surface area contributed by atoms with Gasteiger partial charge in [0.15, 0.2) is 0 Å². The van der Waals surface area contributed by atoms with Crippen LogP contribution in [0.3, 0.4) is 0 Å². The van der Waals surface area contributed by atoms with Gasteiger partial charge in [0.05, 0.1) is 6.04 Å². The zero-order valence-electron chi connectivity index (χ0n) is 14.7. The molecule has 0 radical (unpaired) electrons. The van der Waals surface area contributed by atoms with E-state index in [-0.39, 0.29) is 17.7 Å². The van der Waals surface area contributed by atoms with Crippen LogP contribution in [0.25, 0.3) is 0 Å². The molecule has 0 spiro atoms. The molecule has 4 nitrogen and oxygen atoms in total. The molecular formula is C20H25NO3. The van der Waals surface area contributed by atoms with Crippen molar-refractivity contribution < 1.29 is 14.4 Å². The molecule has 1 amide bonds. The fourth-order valence-corrected chi connectivity index (χ4v) is 4.24. The molecule has 1 aliphatic carbocycles. The van der Waals surface area contributed by atoms with Crippen molar-refractivity contribution >= 4 is 23.2 Å². The Morgan fingerprint density at radius 2 is 1.71 bits per heavy atom. The van der Waals surface area contributed by atoms with E-state index in [1.165, 1.54) is 13.3 Å². The van der Waals surface area contributed by atoms with E-state index in [4.69, 9.17) is 0 Å². The van der Waals surface area contributed by atoms with Crippen LogP contribution in [-0.4, -0.2) is 23.5 Å². The molecule has 0 aromatic heterocycles. The number of nitrogens with zero attached hydrogens (tertiary/aromatic N) is 1. The number of Topliss-reactive ketones (excluding diaryl/α,β-unsaturated/α-hetero) is 2. The highest BCUT2D eigenvalue weighted by Gasteiger charge is 2.52. The Labute approximate surface area is 143 Å². The molecule has 0 N–H and O–H groups in total. The first-order chi connectivity index (χ1) is 11.4. The zero-order valence-corrected chi connectivity index (χ0v) is 14.7. The van der Waals surface area contributed by atoms with Crippen LogP contribution >= 0.6 is 0 Å². The van der Waals surface area contributed by atoms with E-state index in [2.05, 4.69) is 0 Å². The number of rotatable bonds is 3. The first-order valence-corrected chi connectivity index (χ1v) is 8.87. The number of benzene rings is 1. The maximum absolute atomic E-state index is 12.7. The molecule has 1 aromatic rings. The Kier molecular flexibility index (Phi) is 4.57. The van der Waals surface area contributed by atoms with E-state index in [0.29, 0.717) is 0 Å². The summed E-state index contributed by atoms with van der Waals surface area (Å²) < 4.78 is 0. The molecule has 3 rings (SSSR count). The maximum Gasteiger partial charge on any atom is 0.295 e. The molecule has 4 heteroatoms. The minimum Gasteiger partial charge on any atom is -0.301 e. The molecule has 2 unspecified atom stereocenters. The van der Waals surface area contributed by atoms with Gasteiger partial charge in [0, 0.05) is 5.69 Å². The molecule has 2 fully saturated rings. The summed E-state index contributed by atoms with van der Waals surface area (Å²) in [5, 5.41) is 0. The summed E-state index contributed by atoms with van der Waals surface area (Å²) in [6.07, 6.45) is 5.37. The predicted octanol–water partition coefficient (Wildman–Crippen LogP) is 3.37. The highest BCUT2D eigenvalue weighted by Crippen LogP contribution is 2.40. The fraction of sp³-hybridized carbons (Fsp3) is 0.550. The first-order valence-electron chi connectivity index (χ1n) is 8.87. The van der Waals surface area contributed by atoms with Gasteiger partial charge < -0.3 is 4.90 Å². The van der Waals surface area contributed by atoms with Crippen molar-refractivity contribution in [2.45, 2.75) is 58.9 Å². The van der Waals surface area contributed by atoms with E-state index >= 15 is 0 Å².